The van der Waals surface area contributed by atoms with Crippen LogP contribution in [0.3, 0.4) is 0 Å². The molecule has 1 aromatic rings. The van der Waals surface area contributed by atoms with Crippen LogP contribution >= 0.6 is 0 Å². The van der Waals surface area contributed by atoms with Gasteiger partial charge >= 0.3 is 0 Å². The minimum absolute atomic E-state index is 0.748. The number of nitrogens with one attached hydrogen (secondary N) is 1. The van der Waals surface area contributed by atoms with Gasteiger partial charge in [0.05, 0.1) is 12.9 Å². The number of rotatable bonds is 2. The summed E-state index contributed by atoms with van der Waals surface area (Å²) in [5.41, 5.74) is 2.76. The lowest BCUT2D eigenvalue weighted by atomic mass is 9.90. The molecule has 1 fully saturated rings. The van der Waals surface area contributed by atoms with Gasteiger partial charge in [-0.2, -0.15) is 0 Å². The Bertz CT molecular complexity index is 390. The van der Waals surface area contributed by atoms with Crippen molar-refractivity contribution in [2.75, 3.05) is 31.1 Å². The molecule has 1 saturated heterocycles. The van der Waals surface area contributed by atoms with E-state index in [1.165, 1.54) is 24.1 Å². The second kappa shape index (κ2) is 4.88. The van der Waals surface area contributed by atoms with E-state index in [2.05, 4.69) is 39.5 Å². The van der Waals surface area contributed by atoms with E-state index in [9.17, 15) is 0 Å². The molecule has 17 heavy (non-hydrogen) atoms. The van der Waals surface area contributed by atoms with Crippen molar-refractivity contribution in [2.24, 2.45) is 4.99 Å². The molecule has 2 aliphatic rings. The first-order chi connectivity index (χ1) is 8.43. The van der Waals surface area contributed by atoms with E-state index in [0.717, 1.165) is 32.1 Å². The van der Waals surface area contributed by atoms with Crippen LogP contribution in [0.15, 0.2) is 29.3 Å². The summed E-state index contributed by atoms with van der Waals surface area (Å²) < 4.78 is 0. The molecule has 3 nitrogen and oxygen atoms in total. The molecule has 0 spiro atoms. The summed E-state index contributed by atoms with van der Waals surface area (Å²) >= 11 is 0. The smallest absolute Gasteiger partial charge is 0.0895 e. The van der Waals surface area contributed by atoms with Crippen molar-refractivity contribution in [3.8, 4) is 0 Å². The van der Waals surface area contributed by atoms with Gasteiger partial charge in [-0.1, -0.05) is 12.1 Å². The molecular formula is C14H19N3. The molecule has 0 aliphatic carbocycles. The first-order valence-corrected chi connectivity index (χ1v) is 6.51. The highest BCUT2D eigenvalue weighted by atomic mass is 15.2. The van der Waals surface area contributed by atoms with Gasteiger partial charge in [-0.3, -0.25) is 4.99 Å². The van der Waals surface area contributed by atoms with Crippen LogP contribution in [-0.4, -0.2) is 32.5 Å². The second-order valence-electron chi connectivity index (χ2n) is 4.83. The van der Waals surface area contributed by atoms with Crippen LogP contribution in [0.4, 0.5) is 5.69 Å². The van der Waals surface area contributed by atoms with E-state index >= 15 is 0 Å². The van der Waals surface area contributed by atoms with Gasteiger partial charge in [0.1, 0.15) is 0 Å². The van der Waals surface area contributed by atoms with Crippen LogP contribution in [0.5, 0.6) is 0 Å². The summed E-state index contributed by atoms with van der Waals surface area (Å²) in [5.74, 6) is 0.748. The third-order valence-corrected chi connectivity index (χ3v) is 3.73. The average Bonchev–Trinajstić information content (AvgIpc) is 2.94. The lowest BCUT2D eigenvalue weighted by molar-refractivity contribution is 0.460. The molecule has 90 valence electrons. The third-order valence-electron chi connectivity index (χ3n) is 3.73. The Morgan fingerprint density at radius 3 is 2.53 bits per heavy atom. The Morgan fingerprint density at radius 2 is 1.88 bits per heavy atom. The SMILES string of the molecule is C1=NCCN1c1ccc(C2CCNCC2)cc1. The molecule has 3 rings (SSSR count). The standard InChI is InChI=1S/C14H19N3/c1-3-14(17-10-9-16-11-17)4-2-12(1)13-5-7-15-8-6-13/h1-4,11,13,15H,5-10H2. The highest BCUT2D eigenvalue weighted by Gasteiger charge is 2.15. The lowest BCUT2D eigenvalue weighted by Gasteiger charge is -2.23. The maximum Gasteiger partial charge on any atom is 0.0895 e. The molecule has 2 heterocycles. The van der Waals surface area contributed by atoms with Crippen molar-refractivity contribution < 1.29 is 0 Å². The first kappa shape index (κ1) is 10.8. The maximum atomic E-state index is 4.25. The minimum atomic E-state index is 0.748. The Morgan fingerprint density at radius 1 is 1.12 bits per heavy atom. The zero-order chi connectivity index (χ0) is 11.5. The fourth-order valence-corrected chi connectivity index (χ4v) is 2.67. The molecular weight excluding hydrogens is 210 g/mol. The van der Waals surface area contributed by atoms with E-state index in [4.69, 9.17) is 0 Å². The third kappa shape index (κ3) is 2.34. The summed E-state index contributed by atoms with van der Waals surface area (Å²) in [4.78, 5) is 6.46. The van der Waals surface area contributed by atoms with Gasteiger partial charge in [0.2, 0.25) is 0 Å². The van der Waals surface area contributed by atoms with Gasteiger partial charge in [-0.05, 0) is 49.5 Å². The predicted molar refractivity (Wildman–Crippen MR) is 72.0 cm³/mol. The van der Waals surface area contributed by atoms with Crippen molar-refractivity contribution in [1.82, 2.24) is 5.32 Å². The molecule has 0 aromatic heterocycles. The van der Waals surface area contributed by atoms with E-state index in [1.807, 2.05) is 6.34 Å². The molecule has 2 aliphatic heterocycles. The summed E-state index contributed by atoms with van der Waals surface area (Å²) in [5, 5.41) is 3.41. The van der Waals surface area contributed by atoms with Crippen molar-refractivity contribution in [3.63, 3.8) is 0 Å². The Balaban J connectivity index is 1.72. The molecule has 3 heteroatoms. The Labute approximate surface area is 103 Å². The van der Waals surface area contributed by atoms with E-state index < -0.39 is 0 Å². The number of aliphatic imine (C=N–C) groups is 1. The molecule has 0 saturated carbocycles. The van der Waals surface area contributed by atoms with Gasteiger partial charge in [-0.15, -0.1) is 0 Å². The molecule has 0 radical (unpaired) electrons. The highest BCUT2D eigenvalue weighted by Crippen LogP contribution is 2.27. The predicted octanol–water partition coefficient (Wildman–Crippen LogP) is 2.00. The van der Waals surface area contributed by atoms with Crippen LogP contribution in [0, 0.1) is 0 Å². The first-order valence-electron chi connectivity index (χ1n) is 6.51. The van der Waals surface area contributed by atoms with E-state index in [-0.39, 0.29) is 0 Å². The number of hydrogen-bond acceptors (Lipinski definition) is 3. The fourth-order valence-electron chi connectivity index (χ4n) is 2.67. The monoisotopic (exact) mass is 229 g/mol. The van der Waals surface area contributed by atoms with Crippen molar-refractivity contribution in [2.45, 2.75) is 18.8 Å². The zero-order valence-corrected chi connectivity index (χ0v) is 10.1. The molecule has 1 aromatic carbocycles. The number of benzene rings is 1. The van der Waals surface area contributed by atoms with Gasteiger partial charge in [0.15, 0.2) is 0 Å². The summed E-state index contributed by atoms with van der Waals surface area (Å²) in [6, 6.07) is 9.04. The van der Waals surface area contributed by atoms with Gasteiger partial charge in [-0.25, -0.2) is 0 Å². The summed E-state index contributed by atoms with van der Waals surface area (Å²) in [6.07, 6.45) is 4.48. The summed E-state index contributed by atoms with van der Waals surface area (Å²) in [6.45, 7) is 4.26. The van der Waals surface area contributed by atoms with Crippen molar-refractivity contribution in [3.05, 3.63) is 29.8 Å². The van der Waals surface area contributed by atoms with Crippen LogP contribution in [0.2, 0.25) is 0 Å². The number of nitrogens with zero attached hydrogens (tertiary/aromatic N) is 2. The molecule has 0 amide bonds. The fraction of sp³-hybridized carbons (Fsp3) is 0.500. The highest BCUT2D eigenvalue weighted by molar-refractivity contribution is 5.80. The number of piperidine rings is 1. The van der Waals surface area contributed by atoms with Crippen LogP contribution < -0.4 is 10.2 Å². The Kier molecular flexibility index (Phi) is 3.10. The van der Waals surface area contributed by atoms with E-state index in [1.54, 1.807) is 0 Å². The van der Waals surface area contributed by atoms with Gasteiger partial charge in [0, 0.05) is 12.2 Å². The molecule has 0 unspecified atom stereocenters. The van der Waals surface area contributed by atoms with Gasteiger partial charge < -0.3 is 10.2 Å². The quantitative estimate of drug-likeness (QED) is 0.840. The van der Waals surface area contributed by atoms with Gasteiger partial charge in [0.25, 0.3) is 0 Å². The van der Waals surface area contributed by atoms with Crippen molar-refractivity contribution in [1.29, 1.82) is 0 Å². The maximum absolute atomic E-state index is 4.25. The van der Waals surface area contributed by atoms with Crippen LogP contribution in [-0.2, 0) is 0 Å². The van der Waals surface area contributed by atoms with E-state index in [0.29, 0.717) is 0 Å². The van der Waals surface area contributed by atoms with Crippen LogP contribution in [0.1, 0.15) is 24.3 Å². The largest absolute Gasteiger partial charge is 0.331 e. The number of anilines is 1. The lowest BCUT2D eigenvalue weighted by Crippen LogP contribution is -2.26. The number of hydrogen-bond donors (Lipinski definition) is 1. The second-order valence-corrected chi connectivity index (χ2v) is 4.83. The van der Waals surface area contributed by atoms with Crippen LogP contribution in [0.25, 0.3) is 0 Å². The topological polar surface area (TPSA) is 27.6 Å². The normalized spacial score (nSPS) is 21.1. The minimum Gasteiger partial charge on any atom is -0.331 e. The van der Waals surface area contributed by atoms with Crippen molar-refractivity contribution >= 4 is 12.0 Å². The zero-order valence-electron chi connectivity index (χ0n) is 10.1. The summed E-state index contributed by atoms with van der Waals surface area (Å²) in [7, 11) is 0. The molecule has 1 N–H and O–H groups in total. The Hall–Kier alpha value is -1.35. The average molecular weight is 229 g/mol. The molecule has 0 atom stereocenters. The molecule has 0 bridgehead atoms.